The lowest BCUT2D eigenvalue weighted by atomic mass is 9.51. The van der Waals surface area contributed by atoms with E-state index in [-0.39, 0.29) is 23.1 Å². The Labute approximate surface area is 148 Å². The topological polar surface area (TPSA) is 46.5 Å². The Kier molecular flexibility index (Phi) is 2.57. The number of aromatic hydroxyl groups is 1. The number of nitrogens with zero attached hydrogens (tertiary/aromatic N) is 1. The molecule has 0 amide bonds. The monoisotopic (exact) mass is 340 g/mol. The number of phenolic OH excluding ortho intramolecular Hbond substituents is 1. The molecule has 5 atom stereocenters. The van der Waals surface area contributed by atoms with Gasteiger partial charge in [0.2, 0.25) is 0 Å². The van der Waals surface area contributed by atoms with E-state index >= 15 is 0 Å². The molecule has 4 heteroatoms. The van der Waals surface area contributed by atoms with Crippen LogP contribution in [-0.4, -0.2) is 47.7 Å². The molecule has 1 aromatic carbocycles. The molecule has 1 aromatic rings. The van der Waals surface area contributed by atoms with Gasteiger partial charge >= 0.3 is 0 Å². The van der Waals surface area contributed by atoms with Crippen LogP contribution >= 0.6 is 0 Å². The van der Waals surface area contributed by atoms with Crippen LogP contribution in [0.1, 0.15) is 43.2 Å². The van der Waals surface area contributed by atoms with Crippen molar-refractivity contribution in [3.63, 3.8) is 0 Å². The molecule has 6 rings (SSSR count). The van der Waals surface area contributed by atoms with E-state index < -0.39 is 0 Å². The number of phenols is 1. The van der Waals surface area contributed by atoms with Crippen LogP contribution in [0.15, 0.2) is 12.1 Å². The minimum absolute atomic E-state index is 0.164. The van der Waals surface area contributed by atoms with Gasteiger partial charge in [0.05, 0.1) is 31.6 Å². The van der Waals surface area contributed by atoms with Crippen molar-refractivity contribution in [2.75, 3.05) is 20.1 Å². The Balaban J connectivity index is 1.56. The zero-order valence-corrected chi connectivity index (χ0v) is 14.8. The second kappa shape index (κ2) is 4.40. The first-order valence-electron chi connectivity index (χ1n) is 9.92. The number of carbonyl (C=O) groups excluding carboxylic acids is 1. The molecule has 1 saturated heterocycles. The van der Waals surface area contributed by atoms with E-state index in [0.29, 0.717) is 24.1 Å². The molecule has 0 aromatic heterocycles. The van der Waals surface area contributed by atoms with Gasteiger partial charge in [-0.1, -0.05) is 6.07 Å². The predicted molar refractivity (Wildman–Crippen MR) is 92.7 cm³/mol. The number of hydrogen-bond donors (Lipinski definition) is 1. The summed E-state index contributed by atoms with van der Waals surface area (Å²) in [6.07, 6.45) is 6.17. The number of hydrogen-bond acceptors (Lipinski definition) is 3. The number of quaternary nitrogens is 1. The van der Waals surface area contributed by atoms with Crippen LogP contribution in [0.5, 0.6) is 11.5 Å². The third-order valence-electron chi connectivity index (χ3n) is 8.15. The summed E-state index contributed by atoms with van der Waals surface area (Å²) in [5, 5.41) is 10.4. The minimum atomic E-state index is -0.356. The summed E-state index contributed by atoms with van der Waals surface area (Å²) >= 11 is 0. The quantitative estimate of drug-likeness (QED) is 0.842. The first-order chi connectivity index (χ1) is 12.0. The second-order valence-electron chi connectivity index (χ2n) is 9.45. The molecule has 2 saturated carbocycles. The largest absolute Gasteiger partial charge is 0.504 e. The molecule has 3 aliphatic carbocycles. The fourth-order valence-corrected chi connectivity index (χ4v) is 6.91. The molecule has 132 valence electrons. The summed E-state index contributed by atoms with van der Waals surface area (Å²) in [6, 6.07) is 4.46. The summed E-state index contributed by atoms with van der Waals surface area (Å²) in [5.41, 5.74) is 2.36. The first-order valence-corrected chi connectivity index (χ1v) is 9.92. The van der Waals surface area contributed by atoms with Crippen molar-refractivity contribution in [2.45, 2.75) is 56.1 Å². The summed E-state index contributed by atoms with van der Waals surface area (Å²) in [5.74, 6) is 2.52. The summed E-state index contributed by atoms with van der Waals surface area (Å²) in [6.45, 7) is 2.44. The van der Waals surface area contributed by atoms with Crippen molar-refractivity contribution in [3.8, 4) is 11.5 Å². The highest BCUT2D eigenvalue weighted by molar-refractivity contribution is 5.89. The van der Waals surface area contributed by atoms with Crippen LogP contribution in [0.3, 0.4) is 0 Å². The Hall–Kier alpha value is -1.55. The van der Waals surface area contributed by atoms with Gasteiger partial charge in [-0.2, -0.15) is 0 Å². The standard InChI is InChI=1S/C21H25NO3/c1-22(11-12-2-3-12)9-8-21-14-5-7-17(24)20(21)25-19-16(23)6-4-13(18(19)21)10-15(14)22/h4,6,12,14-15,20H,2-3,5,7-11H2,1H3/p+1/t14-,15-,20?,21+,22+/m1/s1. The van der Waals surface area contributed by atoms with Crippen LogP contribution in [0.25, 0.3) is 0 Å². The van der Waals surface area contributed by atoms with Crippen molar-refractivity contribution in [1.29, 1.82) is 0 Å². The number of likely N-dealkylation sites (N-methyl/N-ethyl adjacent to an activating group) is 1. The van der Waals surface area contributed by atoms with Crippen molar-refractivity contribution >= 4 is 5.78 Å². The van der Waals surface area contributed by atoms with Crippen LogP contribution in [0.4, 0.5) is 0 Å². The fraction of sp³-hybridized carbons (Fsp3) is 0.667. The third-order valence-corrected chi connectivity index (χ3v) is 8.15. The summed E-state index contributed by atoms with van der Waals surface area (Å²) < 4.78 is 7.35. The number of carbonyl (C=O) groups is 1. The maximum absolute atomic E-state index is 12.8. The zero-order chi connectivity index (χ0) is 17.0. The lowest BCUT2D eigenvalue weighted by Crippen LogP contribution is -2.72. The number of piperidine rings is 1. The summed E-state index contributed by atoms with van der Waals surface area (Å²) in [4.78, 5) is 12.8. The van der Waals surface area contributed by atoms with E-state index in [9.17, 15) is 9.90 Å². The lowest BCUT2D eigenvalue weighted by Gasteiger charge is -2.60. The Morgan fingerprint density at radius 2 is 2.16 bits per heavy atom. The molecule has 4 nitrogen and oxygen atoms in total. The van der Waals surface area contributed by atoms with Crippen LogP contribution in [0, 0.1) is 11.8 Å². The van der Waals surface area contributed by atoms with Crippen LogP contribution < -0.4 is 4.74 Å². The number of Topliss-reactive ketones (excluding diaryl/α,β-unsaturated/α-hetero) is 1. The molecule has 2 heterocycles. The molecular formula is C21H26NO3+. The maximum Gasteiger partial charge on any atom is 0.174 e. The minimum Gasteiger partial charge on any atom is -0.504 e. The van der Waals surface area contributed by atoms with E-state index in [2.05, 4.69) is 13.1 Å². The van der Waals surface area contributed by atoms with Gasteiger partial charge < -0.3 is 14.3 Å². The molecule has 2 aliphatic heterocycles. The second-order valence-corrected chi connectivity index (χ2v) is 9.45. The van der Waals surface area contributed by atoms with Gasteiger partial charge in [0.25, 0.3) is 0 Å². The van der Waals surface area contributed by atoms with Gasteiger partial charge in [-0.25, -0.2) is 0 Å². The van der Waals surface area contributed by atoms with Crippen molar-refractivity contribution < 1.29 is 19.1 Å². The molecule has 2 bridgehead atoms. The van der Waals surface area contributed by atoms with Gasteiger partial charge in [0.15, 0.2) is 23.4 Å². The van der Waals surface area contributed by atoms with Crippen molar-refractivity contribution in [1.82, 2.24) is 0 Å². The number of ketones is 1. The highest BCUT2D eigenvalue weighted by Gasteiger charge is 2.69. The van der Waals surface area contributed by atoms with Gasteiger partial charge in [0.1, 0.15) is 0 Å². The number of likely N-dealkylation sites (tertiary alicyclic amines) is 1. The van der Waals surface area contributed by atoms with E-state index in [1.807, 2.05) is 0 Å². The average Bonchev–Trinajstić information content (AvgIpc) is 3.32. The molecule has 25 heavy (non-hydrogen) atoms. The van der Waals surface area contributed by atoms with Crippen molar-refractivity contribution in [3.05, 3.63) is 23.3 Å². The molecule has 3 fully saturated rings. The van der Waals surface area contributed by atoms with E-state index in [1.165, 1.54) is 35.0 Å². The SMILES string of the molecule is C[N@@+]1(CC2CC2)CC[C@]23c4c5ccc(O)c4OC2C(=O)CC[C@@H]3[C@H]1C5. The van der Waals surface area contributed by atoms with E-state index in [4.69, 9.17) is 4.74 Å². The molecule has 1 spiro atoms. The lowest BCUT2D eigenvalue weighted by molar-refractivity contribution is -0.946. The van der Waals surface area contributed by atoms with E-state index in [1.54, 1.807) is 6.07 Å². The maximum atomic E-state index is 12.8. The molecular weight excluding hydrogens is 314 g/mol. The highest BCUT2D eigenvalue weighted by atomic mass is 16.5. The number of rotatable bonds is 2. The fourth-order valence-electron chi connectivity index (χ4n) is 6.91. The number of ether oxygens (including phenoxy) is 1. The first kappa shape index (κ1) is 14.6. The zero-order valence-electron chi connectivity index (χ0n) is 14.8. The predicted octanol–water partition coefficient (Wildman–Crippen LogP) is 2.56. The van der Waals surface area contributed by atoms with Gasteiger partial charge in [-0.15, -0.1) is 0 Å². The van der Waals surface area contributed by atoms with Crippen molar-refractivity contribution in [2.24, 2.45) is 11.8 Å². The Bertz CT molecular complexity index is 801. The van der Waals surface area contributed by atoms with Gasteiger partial charge in [-0.05, 0) is 30.9 Å². The summed E-state index contributed by atoms with van der Waals surface area (Å²) in [7, 11) is 2.46. The van der Waals surface area contributed by atoms with Gasteiger partial charge in [0, 0.05) is 36.7 Å². The molecule has 1 N–H and O–H groups in total. The van der Waals surface area contributed by atoms with Gasteiger partial charge in [-0.3, -0.25) is 4.79 Å². The highest BCUT2D eigenvalue weighted by Crippen LogP contribution is 2.64. The molecule has 1 unspecified atom stereocenters. The normalized spacial score (nSPS) is 43.6. The molecule has 5 aliphatic rings. The molecule has 0 radical (unpaired) electrons. The average molecular weight is 340 g/mol. The van der Waals surface area contributed by atoms with E-state index in [0.717, 1.165) is 31.7 Å². The Morgan fingerprint density at radius 3 is 2.96 bits per heavy atom. The third kappa shape index (κ3) is 1.65. The number of benzene rings is 1. The van der Waals surface area contributed by atoms with Crippen LogP contribution in [0.2, 0.25) is 0 Å². The Morgan fingerprint density at radius 1 is 1.32 bits per heavy atom. The smallest absolute Gasteiger partial charge is 0.174 e. The van der Waals surface area contributed by atoms with Crippen LogP contribution in [-0.2, 0) is 16.6 Å².